The van der Waals surface area contributed by atoms with Gasteiger partial charge in [-0.2, -0.15) is 17.9 Å². The fourth-order valence-electron chi connectivity index (χ4n) is 3.95. The van der Waals surface area contributed by atoms with Crippen LogP contribution in [0.1, 0.15) is 46.8 Å². The lowest BCUT2D eigenvalue weighted by molar-refractivity contribution is -0.614. The first-order valence-electron chi connectivity index (χ1n) is 10.9. The first kappa shape index (κ1) is 25.4. The molecule has 1 fully saturated rings. The molecular weight excluding hydrogens is 504 g/mol. The molecule has 0 unspecified atom stereocenters. The van der Waals surface area contributed by atoms with Crippen LogP contribution in [0.15, 0.2) is 54.7 Å². The SMILES string of the molecule is O=C(O)c1ccc(NC(=O)[C@H](CC2CC2)c2ccc(-c3c(C(F)(F)F)ccc(Cl)c3F)c[n+]2[O-])cc1. The predicted molar refractivity (Wildman–Crippen MR) is 123 cm³/mol. The van der Waals surface area contributed by atoms with Crippen molar-refractivity contribution in [3.05, 3.63) is 87.6 Å². The molecule has 2 aromatic carbocycles. The van der Waals surface area contributed by atoms with Crippen molar-refractivity contribution in [2.75, 3.05) is 5.32 Å². The van der Waals surface area contributed by atoms with Crippen molar-refractivity contribution in [3.8, 4) is 11.1 Å². The standard InChI is InChI=1S/C25H19ClF4N2O4/c26-19-9-8-18(25(28,29)30)21(22(19)27)15-5-10-20(32(36)12-15)17(11-13-1-2-13)23(33)31-16-6-3-14(4-7-16)24(34)35/h3-10,12-13,17H,1-2,11H2,(H,31,33)(H,34,35)/t17-/m1/s1. The predicted octanol–water partition coefficient (Wildman–Crippen LogP) is 6.02. The summed E-state index contributed by atoms with van der Waals surface area (Å²) < 4.78 is 55.4. The number of carboxylic acid groups (broad SMARTS) is 1. The van der Waals surface area contributed by atoms with Crippen LogP contribution < -0.4 is 10.0 Å². The van der Waals surface area contributed by atoms with Crippen molar-refractivity contribution in [2.45, 2.75) is 31.4 Å². The van der Waals surface area contributed by atoms with E-state index in [1.807, 2.05) is 0 Å². The van der Waals surface area contributed by atoms with Crippen molar-refractivity contribution < 1.29 is 37.0 Å². The number of halogens is 5. The Morgan fingerprint density at radius 3 is 2.33 bits per heavy atom. The van der Waals surface area contributed by atoms with Crippen LogP contribution in [0, 0.1) is 16.9 Å². The average Bonchev–Trinajstić information content (AvgIpc) is 3.63. The number of benzene rings is 2. The molecule has 0 spiro atoms. The molecule has 1 atom stereocenters. The van der Waals surface area contributed by atoms with Gasteiger partial charge in [0.25, 0.3) is 0 Å². The van der Waals surface area contributed by atoms with E-state index in [0.29, 0.717) is 18.2 Å². The molecule has 11 heteroatoms. The summed E-state index contributed by atoms with van der Waals surface area (Å²) in [6.45, 7) is 0. The number of hydrogen-bond donors (Lipinski definition) is 2. The maximum absolute atomic E-state index is 14.7. The topological polar surface area (TPSA) is 93.3 Å². The smallest absolute Gasteiger partial charge is 0.417 e. The van der Waals surface area contributed by atoms with Crippen LogP contribution in [0.4, 0.5) is 23.2 Å². The molecule has 1 saturated carbocycles. The lowest BCUT2D eigenvalue weighted by Gasteiger charge is -2.18. The van der Waals surface area contributed by atoms with Crippen LogP contribution in [-0.4, -0.2) is 17.0 Å². The van der Waals surface area contributed by atoms with Gasteiger partial charge in [0, 0.05) is 17.3 Å². The molecule has 0 radical (unpaired) electrons. The van der Waals surface area contributed by atoms with Gasteiger partial charge in [-0.3, -0.25) is 4.79 Å². The van der Waals surface area contributed by atoms with E-state index in [0.717, 1.165) is 31.2 Å². The van der Waals surface area contributed by atoms with Crippen LogP contribution in [-0.2, 0) is 11.0 Å². The molecule has 1 aliphatic carbocycles. The van der Waals surface area contributed by atoms with Gasteiger partial charge in [0.05, 0.1) is 21.7 Å². The normalized spacial score (nSPS) is 14.4. The minimum absolute atomic E-state index is 0.0127. The molecule has 0 aliphatic heterocycles. The highest BCUT2D eigenvalue weighted by atomic mass is 35.5. The van der Waals surface area contributed by atoms with Crippen LogP contribution in [0.3, 0.4) is 0 Å². The molecule has 0 saturated heterocycles. The third-order valence-electron chi connectivity index (χ3n) is 5.97. The Morgan fingerprint density at radius 2 is 1.78 bits per heavy atom. The number of anilines is 1. The summed E-state index contributed by atoms with van der Waals surface area (Å²) in [5.74, 6) is -3.70. The van der Waals surface area contributed by atoms with Gasteiger partial charge in [0.1, 0.15) is 11.7 Å². The monoisotopic (exact) mass is 522 g/mol. The van der Waals surface area contributed by atoms with Gasteiger partial charge in [-0.1, -0.05) is 24.4 Å². The molecule has 1 heterocycles. The van der Waals surface area contributed by atoms with E-state index < -0.39 is 45.9 Å². The number of pyridine rings is 1. The third kappa shape index (κ3) is 5.43. The second-order valence-electron chi connectivity index (χ2n) is 8.55. The number of aromatic nitrogens is 1. The Morgan fingerprint density at radius 1 is 1.11 bits per heavy atom. The van der Waals surface area contributed by atoms with Crippen molar-refractivity contribution >= 4 is 29.2 Å². The molecule has 4 rings (SSSR count). The van der Waals surface area contributed by atoms with E-state index in [4.69, 9.17) is 16.7 Å². The number of rotatable bonds is 7. The number of nitrogens with one attached hydrogen (secondary N) is 1. The molecule has 6 nitrogen and oxygen atoms in total. The molecule has 2 N–H and O–H groups in total. The second-order valence-corrected chi connectivity index (χ2v) is 8.96. The Bertz CT molecular complexity index is 1320. The summed E-state index contributed by atoms with van der Waals surface area (Å²) in [6.07, 6.45) is -2.01. The molecule has 1 aromatic heterocycles. The minimum atomic E-state index is -4.89. The third-order valence-corrected chi connectivity index (χ3v) is 6.26. The Kier molecular flexibility index (Phi) is 6.90. The van der Waals surface area contributed by atoms with Gasteiger partial charge in [0.15, 0.2) is 6.20 Å². The Labute approximate surface area is 207 Å². The summed E-state index contributed by atoms with van der Waals surface area (Å²) in [7, 11) is 0. The molecule has 3 aromatic rings. The number of aromatic carboxylic acids is 1. The molecule has 36 heavy (non-hydrogen) atoms. The van der Waals surface area contributed by atoms with Crippen molar-refractivity contribution in [2.24, 2.45) is 5.92 Å². The van der Waals surface area contributed by atoms with Gasteiger partial charge < -0.3 is 15.6 Å². The molecular formula is C25H19ClF4N2O4. The maximum atomic E-state index is 14.7. The van der Waals surface area contributed by atoms with Crippen LogP contribution >= 0.6 is 11.6 Å². The maximum Gasteiger partial charge on any atom is 0.417 e. The van der Waals surface area contributed by atoms with E-state index in [1.54, 1.807) is 0 Å². The van der Waals surface area contributed by atoms with Crippen LogP contribution in [0.5, 0.6) is 0 Å². The molecule has 1 aliphatic rings. The lowest BCUT2D eigenvalue weighted by atomic mass is 9.94. The lowest BCUT2D eigenvalue weighted by Crippen LogP contribution is -2.37. The molecule has 1 amide bonds. The van der Waals surface area contributed by atoms with E-state index in [1.165, 1.54) is 30.3 Å². The first-order chi connectivity index (χ1) is 17.0. The van der Waals surface area contributed by atoms with Crippen molar-refractivity contribution in [3.63, 3.8) is 0 Å². The fraction of sp³-hybridized carbons (Fsp3) is 0.240. The van der Waals surface area contributed by atoms with Gasteiger partial charge in [-0.25, -0.2) is 9.18 Å². The Hall–Kier alpha value is -3.66. The molecule has 0 bridgehead atoms. The quantitative estimate of drug-likeness (QED) is 0.225. The zero-order chi connectivity index (χ0) is 26.2. The number of alkyl halides is 3. The van der Waals surface area contributed by atoms with Gasteiger partial charge in [0.2, 0.25) is 11.6 Å². The number of carbonyl (C=O) groups excluding carboxylic acids is 1. The number of nitrogens with zero attached hydrogens (tertiary/aromatic N) is 1. The minimum Gasteiger partial charge on any atom is -0.618 e. The number of hydrogen-bond acceptors (Lipinski definition) is 3. The average molecular weight is 523 g/mol. The summed E-state index contributed by atoms with van der Waals surface area (Å²) in [6, 6.07) is 9.24. The zero-order valence-electron chi connectivity index (χ0n) is 18.5. The van der Waals surface area contributed by atoms with Gasteiger partial charge in [-0.15, -0.1) is 0 Å². The summed E-state index contributed by atoms with van der Waals surface area (Å²) in [4.78, 5) is 24.1. The number of amides is 1. The Balaban J connectivity index is 1.67. The number of carbonyl (C=O) groups is 2. The van der Waals surface area contributed by atoms with Gasteiger partial charge in [-0.05, 0) is 54.8 Å². The highest BCUT2D eigenvalue weighted by molar-refractivity contribution is 6.31. The van der Waals surface area contributed by atoms with E-state index in [2.05, 4.69) is 5.32 Å². The van der Waals surface area contributed by atoms with Crippen LogP contribution in [0.2, 0.25) is 5.02 Å². The highest BCUT2D eigenvalue weighted by Crippen LogP contribution is 2.41. The first-order valence-corrected chi connectivity index (χ1v) is 11.3. The van der Waals surface area contributed by atoms with E-state index in [-0.39, 0.29) is 27.5 Å². The van der Waals surface area contributed by atoms with Crippen molar-refractivity contribution in [1.29, 1.82) is 0 Å². The second kappa shape index (κ2) is 9.77. The van der Waals surface area contributed by atoms with E-state index in [9.17, 15) is 32.4 Å². The van der Waals surface area contributed by atoms with Gasteiger partial charge >= 0.3 is 12.1 Å². The highest BCUT2D eigenvalue weighted by Gasteiger charge is 2.38. The number of carboxylic acids is 1. The largest absolute Gasteiger partial charge is 0.618 e. The molecule has 188 valence electrons. The van der Waals surface area contributed by atoms with Crippen molar-refractivity contribution in [1.82, 2.24) is 0 Å². The summed E-state index contributed by atoms with van der Waals surface area (Å²) in [5.41, 5.74) is -2.14. The summed E-state index contributed by atoms with van der Waals surface area (Å²) >= 11 is 5.70. The van der Waals surface area contributed by atoms with Crippen LogP contribution in [0.25, 0.3) is 11.1 Å². The fourth-order valence-corrected chi connectivity index (χ4v) is 4.11. The summed E-state index contributed by atoms with van der Waals surface area (Å²) in [5, 5.41) is 24.1. The van der Waals surface area contributed by atoms with E-state index >= 15 is 0 Å². The zero-order valence-corrected chi connectivity index (χ0v) is 19.2.